The molecule has 0 radical (unpaired) electrons. The Hall–Kier alpha value is -1.55. The fraction of sp³-hybridized carbons (Fsp3) is 0.100. The number of H-pyrrole nitrogens is 1. The highest BCUT2D eigenvalue weighted by molar-refractivity contribution is 6.30. The van der Waals surface area contributed by atoms with Crippen LogP contribution in [-0.2, 0) is 6.54 Å². The highest BCUT2D eigenvalue weighted by Gasteiger charge is 1.99. The summed E-state index contributed by atoms with van der Waals surface area (Å²) in [5, 5.41) is 9.94. The lowest BCUT2D eigenvalue weighted by atomic mass is 10.2. The van der Waals surface area contributed by atoms with Crippen LogP contribution in [0.1, 0.15) is 5.56 Å². The summed E-state index contributed by atoms with van der Waals surface area (Å²) in [7, 11) is 0. The number of rotatable bonds is 3. The molecule has 2 rings (SSSR count). The van der Waals surface area contributed by atoms with Gasteiger partial charge in [-0.1, -0.05) is 11.6 Å². The lowest BCUT2D eigenvalue weighted by Gasteiger charge is -2.04. The van der Waals surface area contributed by atoms with Crippen LogP contribution in [-0.4, -0.2) is 10.2 Å². The molecule has 0 aliphatic rings. The second-order valence-electron chi connectivity index (χ2n) is 3.12. The maximum atomic E-state index is 13.0. The predicted octanol–water partition coefficient (Wildman–Crippen LogP) is 2.81. The van der Waals surface area contributed by atoms with Crippen molar-refractivity contribution in [2.24, 2.45) is 0 Å². The second-order valence-corrected chi connectivity index (χ2v) is 3.55. The van der Waals surface area contributed by atoms with E-state index in [2.05, 4.69) is 15.5 Å². The van der Waals surface area contributed by atoms with Crippen molar-refractivity contribution < 1.29 is 4.39 Å². The van der Waals surface area contributed by atoms with Gasteiger partial charge in [-0.3, -0.25) is 5.10 Å². The van der Waals surface area contributed by atoms with Crippen molar-refractivity contribution in [2.75, 3.05) is 5.32 Å². The summed E-state index contributed by atoms with van der Waals surface area (Å²) in [4.78, 5) is 0. The number of anilines is 1. The van der Waals surface area contributed by atoms with Crippen molar-refractivity contribution >= 4 is 17.3 Å². The first kappa shape index (κ1) is 9.98. The second kappa shape index (κ2) is 4.31. The van der Waals surface area contributed by atoms with Gasteiger partial charge in [-0.2, -0.15) is 5.10 Å². The summed E-state index contributed by atoms with van der Waals surface area (Å²) in [6.07, 6.45) is 3.38. The minimum absolute atomic E-state index is 0.327. The molecule has 0 unspecified atom stereocenters. The normalized spacial score (nSPS) is 10.3. The van der Waals surface area contributed by atoms with Gasteiger partial charge in [-0.15, -0.1) is 0 Å². The summed E-state index contributed by atoms with van der Waals surface area (Å²) in [6.45, 7) is 0.511. The minimum Gasteiger partial charge on any atom is -0.378 e. The van der Waals surface area contributed by atoms with Crippen LogP contribution in [0.2, 0.25) is 5.02 Å². The lowest BCUT2D eigenvalue weighted by Crippen LogP contribution is -1.98. The Kier molecular flexibility index (Phi) is 2.87. The van der Waals surface area contributed by atoms with Crippen LogP contribution in [0.5, 0.6) is 0 Å². The molecule has 1 aromatic heterocycles. The van der Waals surface area contributed by atoms with Crippen LogP contribution < -0.4 is 5.32 Å². The SMILES string of the molecule is Fc1cc(Cl)cc(CNc2cn[nH]c2)c1. The van der Waals surface area contributed by atoms with Crippen LogP contribution >= 0.6 is 11.6 Å². The number of halogens is 2. The predicted molar refractivity (Wildman–Crippen MR) is 57.3 cm³/mol. The monoisotopic (exact) mass is 225 g/mol. The Morgan fingerprint density at radius 3 is 2.93 bits per heavy atom. The molecule has 2 N–H and O–H groups in total. The first-order valence-electron chi connectivity index (χ1n) is 4.41. The molecule has 78 valence electrons. The third kappa shape index (κ3) is 2.70. The zero-order valence-corrected chi connectivity index (χ0v) is 8.55. The average molecular weight is 226 g/mol. The molecule has 0 fully saturated rings. The van der Waals surface area contributed by atoms with Crippen LogP contribution in [0.3, 0.4) is 0 Å². The molecule has 0 saturated heterocycles. The molecule has 3 nitrogen and oxygen atoms in total. The number of nitrogens with one attached hydrogen (secondary N) is 2. The first-order chi connectivity index (χ1) is 7.24. The standard InChI is InChI=1S/C10H9ClFN3/c11-8-1-7(2-9(12)3-8)4-13-10-5-14-15-6-10/h1-3,5-6,13H,4H2,(H,14,15). The summed E-state index contributed by atoms with van der Waals surface area (Å²) >= 11 is 5.72. The minimum atomic E-state index is -0.327. The van der Waals surface area contributed by atoms with Crippen LogP contribution in [0, 0.1) is 5.82 Å². The van der Waals surface area contributed by atoms with E-state index in [1.165, 1.54) is 12.1 Å². The van der Waals surface area contributed by atoms with E-state index in [-0.39, 0.29) is 5.82 Å². The van der Waals surface area contributed by atoms with Crippen molar-refractivity contribution in [3.05, 3.63) is 47.0 Å². The van der Waals surface area contributed by atoms with E-state index >= 15 is 0 Å². The Balaban J connectivity index is 2.05. The molecule has 0 bridgehead atoms. The van der Waals surface area contributed by atoms with Gasteiger partial charge in [0, 0.05) is 17.8 Å². The Bertz CT molecular complexity index is 422. The van der Waals surface area contributed by atoms with Gasteiger partial charge >= 0.3 is 0 Å². The van der Waals surface area contributed by atoms with Gasteiger partial charge in [0.15, 0.2) is 0 Å². The van der Waals surface area contributed by atoms with E-state index in [9.17, 15) is 4.39 Å². The van der Waals surface area contributed by atoms with Gasteiger partial charge in [0.05, 0.1) is 11.9 Å². The summed E-state index contributed by atoms with van der Waals surface area (Å²) in [5.41, 5.74) is 1.65. The van der Waals surface area contributed by atoms with Gasteiger partial charge < -0.3 is 5.32 Å². The number of nitrogens with zero attached hydrogens (tertiary/aromatic N) is 1. The third-order valence-electron chi connectivity index (χ3n) is 1.92. The van der Waals surface area contributed by atoms with E-state index in [4.69, 9.17) is 11.6 Å². The van der Waals surface area contributed by atoms with Gasteiger partial charge in [0.2, 0.25) is 0 Å². The summed E-state index contributed by atoms with van der Waals surface area (Å²) in [6, 6.07) is 4.44. The van der Waals surface area contributed by atoms with Crippen molar-refractivity contribution in [2.45, 2.75) is 6.54 Å². The lowest BCUT2D eigenvalue weighted by molar-refractivity contribution is 0.626. The Morgan fingerprint density at radius 2 is 2.27 bits per heavy atom. The van der Waals surface area contributed by atoms with E-state index < -0.39 is 0 Å². The zero-order chi connectivity index (χ0) is 10.7. The highest BCUT2D eigenvalue weighted by atomic mass is 35.5. The average Bonchev–Trinajstić information content (AvgIpc) is 2.65. The smallest absolute Gasteiger partial charge is 0.125 e. The maximum Gasteiger partial charge on any atom is 0.125 e. The fourth-order valence-electron chi connectivity index (χ4n) is 1.26. The number of hydrogen-bond acceptors (Lipinski definition) is 2. The van der Waals surface area contributed by atoms with Crippen LogP contribution in [0.4, 0.5) is 10.1 Å². The molecule has 1 heterocycles. The zero-order valence-electron chi connectivity index (χ0n) is 7.80. The largest absolute Gasteiger partial charge is 0.378 e. The van der Waals surface area contributed by atoms with Crippen LogP contribution in [0.25, 0.3) is 0 Å². The molecule has 0 atom stereocenters. The third-order valence-corrected chi connectivity index (χ3v) is 2.14. The molecule has 5 heteroatoms. The molecule has 0 amide bonds. The number of aromatic nitrogens is 2. The molecule has 1 aromatic carbocycles. The maximum absolute atomic E-state index is 13.0. The molecule has 0 aliphatic carbocycles. The first-order valence-corrected chi connectivity index (χ1v) is 4.79. The van der Waals surface area contributed by atoms with Crippen molar-refractivity contribution in [3.8, 4) is 0 Å². The van der Waals surface area contributed by atoms with E-state index in [0.29, 0.717) is 11.6 Å². The molecular weight excluding hydrogens is 217 g/mol. The summed E-state index contributed by atoms with van der Waals surface area (Å²) in [5.74, 6) is -0.327. The number of aromatic amines is 1. The molecule has 0 spiro atoms. The van der Waals surface area contributed by atoms with Crippen LogP contribution in [0.15, 0.2) is 30.6 Å². The van der Waals surface area contributed by atoms with E-state index in [1.54, 1.807) is 18.5 Å². The van der Waals surface area contributed by atoms with E-state index in [1.807, 2.05) is 0 Å². The topological polar surface area (TPSA) is 40.7 Å². The quantitative estimate of drug-likeness (QED) is 0.843. The molecule has 0 saturated carbocycles. The fourth-order valence-corrected chi connectivity index (χ4v) is 1.51. The van der Waals surface area contributed by atoms with Crippen molar-refractivity contribution in [1.82, 2.24) is 10.2 Å². The highest BCUT2D eigenvalue weighted by Crippen LogP contribution is 2.15. The Morgan fingerprint density at radius 1 is 1.40 bits per heavy atom. The molecular formula is C10H9ClFN3. The van der Waals surface area contributed by atoms with E-state index in [0.717, 1.165) is 11.3 Å². The number of benzene rings is 1. The van der Waals surface area contributed by atoms with Gasteiger partial charge in [0.25, 0.3) is 0 Å². The molecule has 15 heavy (non-hydrogen) atoms. The Labute approximate surface area is 91.3 Å². The van der Waals surface area contributed by atoms with Gasteiger partial charge in [0.1, 0.15) is 5.82 Å². The van der Waals surface area contributed by atoms with Crippen molar-refractivity contribution in [3.63, 3.8) is 0 Å². The number of hydrogen-bond donors (Lipinski definition) is 2. The summed E-state index contributed by atoms with van der Waals surface area (Å²) < 4.78 is 13.0. The van der Waals surface area contributed by atoms with Gasteiger partial charge in [-0.05, 0) is 23.8 Å². The molecule has 2 aromatic rings. The van der Waals surface area contributed by atoms with Crippen molar-refractivity contribution in [1.29, 1.82) is 0 Å². The van der Waals surface area contributed by atoms with Gasteiger partial charge in [-0.25, -0.2) is 4.39 Å². The molecule has 0 aliphatic heterocycles.